The van der Waals surface area contributed by atoms with E-state index in [2.05, 4.69) is 17.0 Å². The molecule has 6 heteroatoms. The van der Waals surface area contributed by atoms with Gasteiger partial charge in [-0.15, -0.1) is 0 Å². The normalized spacial score (nSPS) is 21.6. The summed E-state index contributed by atoms with van der Waals surface area (Å²) in [5, 5.41) is 0. The van der Waals surface area contributed by atoms with Gasteiger partial charge in [-0.3, -0.25) is 9.69 Å². The number of carbonyl (C=O) groups excluding carboxylic acids is 1. The van der Waals surface area contributed by atoms with Gasteiger partial charge in [0, 0.05) is 38.0 Å². The zero-order valence-electron chi connectivity index (χ0n) is 18.7. The molecule has 1 saturated heterocycles. The Morgan fingerprint density at radius 1 is 1.06 bits per heavy atom. The molecule has 166 valence electrons. The topological polar surface area (TPSA) is 51.2 Å². The van der Waals surface area contributed by atoms with Crippen molar-refractivity contribution in [2.45, 2.75) is 39.0 Å². The minimum absolute atomic E-state index is 0.0165. The van der Waals surface area contributed by atoms with Gasteiger partial charge in [0.25, 0.3) is 0 Å². The summed E-state index contributed by atoms with van der Waals surface area (Å²) < 4.78 is 17.2. The summed E-state index contributed by atoms with van der Waals surface area (Å²) in [6, 6.07) is 14.2. The molecule has 1 fully saturated rings. The lowest BCUT2D eigenvalue weighted by atomic mass is 9.91. The van der Waals surface area contributed by atoms with Crippen molar-refractivity contribution in [2.24, 2.45) is 5.92 Å². The number of amides is 1. The highest BCUT2D eigenvalue weighted by molar-refractivity contribution is 5.73. The van der Waals surface area contributed by atoms with Crippen molar-refractivity contribution in [1.82, 2.24) is 9.80 Å². The maximum absolute atomic E-state index is 12.3. The maximum Gasteiger partial charge on any atom is 0.219 e. The Morgan fingerprint density at radius 2 is 1.81 bits per heavy atom. The Balaban J connectivity index is 1.48. The summed E-state index contributed by atoms with van der Waals surface area (Å²) >= 11 is 0. The van der Waals surface area contributed by atoms with E-state index in [9.17, 15) is 4.79 Å². The highest BCUT2D eigenvalue weighted by Gasteiger charge is 2.33. The Bertz CT molecular complexity index is 899. The van der Waals surface area contributed by atoms with Crippen molar-refractivity contribution >= 4 is 5.91 Å². The van der Waals surface area contributed by atoms with Gasteiger partial charge in [-0.2, -0.15) is 0 Å². The lowest BCUT2D eigenvalue weighted by Gasteiger charge is -2.37. The Hall–Kier alpha value is -2.73. The van der Waals surface area contributed by atoms with E-state index < -0.39 is 0 Å². The van der Waals surface area contributed by atoms with Gasteiger partial charge in [0.1, 0.15) is 23.4 Å². The molecule has 2 aromatic rings. The molecule has 2 heterocycles. The summed E-state index contributed by atoms with van der Waals surface area (Å²) in [5.41, 5.74) is 2.29. The van der Waals surface area contributed by atoms with E-state index in [1.807, 2.05) is 35.2 Å². The highest BCUT2D eigenvalue weighted by atomic mass is 16.5. The van der Waals surface area contributed by atoms with Crippen molar-refractivity contribution in [3.05, 3.63) is 53.6 Å². The zero-order chi connectivity index (χ0) is 21.8. The number of nitrogens with zero attached hydrogens (tertiary/aromatic N) is 2. The van der Waals surface area contributed by atoms with E-state index in [0.717, 1.165) is 55.3 Å². The van der Waals surface area contributed by atoms with Crippen LogP contribution in [0, 0.1) is 5.92 Å². The molecular formula is C25H32N2O4. The molecule has 0 aromatic heterocycles. The monoisotopic (exact) mass is 424 g/mol. The van der Waals surface area contributed by atoms with Gasteiger partial charge in [0.05, 0.1) is 20.8 Å². The number of hydrogen-bond acceptors (Lipinski definition) is 5. The molecule has 0 unspecified atom stereocenters. The summed E-state index contributed by atoms with van der Waals surface area (Å²) in [4.78, 5) is 16.7. The molecule has 1 amide bonds. The van der Waals surface area contributed by atoms with Crippen LogP contribution in [0.3, 0.4) is 0 Å². The minimum Gasteiger partial charge on any atom is -0.497 e. The Morgan fingerprint density at radius 3 is 2.52 bits per heavy atom. The third-order valence-electron chi connectivity index (χ3n) is 6.39. The molecule has 2 atom stereocenters. The summed E-state index contributed by atoms with van der Waals surface area (Å²) in [6.07, 6.45) is 2.23. The first kappa shape index (κ1) is 21.5. The van der Waals surface area contributed by atoms with Crippen LogP contribution in [-0.2, 0) is 17.9 Å². The number of ether oxygens (including phenoxy) is 3. The quantitative estimate of drug-likeness (QED) is 0.732. The smallest absolute Gasteiger partial charge is 0.219 e. The van der Waals surface area contributed by atoms with Crippen LogP contribution in [0.1, 0.15) is 30.9 Å². The van der Waals surface area contributed by atoms with Gasteiger partial charge in [0.2, 0.25) is 5.91 Å². The van der Waals surface area contributed by atoms with E-state index in [-0.39, 0.29) is 12.0 Å². The molecule has 0 spiro atoms. The second-order valence-corrected chi connectivity index (χ2v) is 8.51. The molecule has 0 aliphatic carbocycles. The first-order chi connectivity index (χ1) is 15.1. The lowest BCUT2D eigenvalue weighted by molar-refractivity contribution is -0.130. The number of likely N-dealkylation sites (tertiary alicyclic amines) is 1. The van der Waals surface area contributed by atoms with Gasteiger partial charge in [-0.25, -0.2) is 0 Å². The fourth-order valence-electron chi connectivity index (χ4n) is 4.62. The second kappa shape index (κ2) is 9.60. The van der Waals surface area contributed by atoms with Crippen molar-refractivity contribution in [2.75, 3.05) is 33.9 Å². The third kappa shape index (κ3) is 5.13. The fourth-order valence-corrected chi connectivity index (χ4v) is 4.62. The largest absolute Gasteiger partial charge is 0.497 e. The van der Waals surface area contributed by atoms with Crippen molar-refractivity contribution in [3.8, 4) is 17.2 Å². The summed E-state index contributed by atoms with van der Waals surface area (Å²) in [5.74, 6) is 2.98. The number of rotatable bonds is 5. The predicted octanol–water partition coefficient (Wildman–Crippen LogP) is 3.73. The highest BCUT2D eigenvalue weighted by Crippen LogP contribution is 2.33. The van der Waals surface area contributed by atoms with Crippen LogP contribution in [0.4, 0.5) is 0 Å². The van der Waals surface area contributed by atoms with Crippen LogP contribution >= 0.6 is 0 Å². The molecule has 6 nitrogen and oxygen atoms in total. The number of methoxy groups -OCH3 is 2. The van der Waals surface area contributed by atoms with Gasteiger partial charge >= 0.3 is 0 Å². The van der Waals surface area contributed by atoms with Gasteiger partial charge < -0.3 is 19.1 Å². The van der Waals surface area contributed by atoms with Crippen molar-refractivity contribution in [3.63, 3.8) is 0 Å². The lowest BCUT2D eigenvalue weighted by Crippen LogP contribution is -2.46. The van der Waals surface area contributed by atoms with Gasteiger partial charge in [-0.05, 0) is 55.3 Å². The standard InChI is InChI=1S/C25H32N2O4/c1-18(28)27-16-21-13-23(30-3)10-11-24(21)31-25(17-27)20-5-4-12-26(15-20)14-19-6-8-22(29-2)9-7-19/h6-11,13,20,25H,4-5,12,14-17H2,1-3H3/t20-,25+/m0/s1. The molecule has 2 aromatic carbocycles. The SMILES string of the molecule is COc1ccc(CN2CCC[C@H]([C@H]3CN(C(C)=O)Cc4cc(OC)ccc4O3)C2)cc1. The van der Waals surface area contributed by atoms with Gasteiger partial charge in [-0.1, -0.05) is 12.1 Å². The summed E-state index contributed by atoms with van der Waals surface area (Å²) in [7, 11) is 3.35. The van der Waals surface area contributed by atoms with E-state index in [1.165, 1.54) is 5.56 Å². The molecule has 4 rings (SSSR count). The molecule has 0 radical (unpaired) electrons. The number of fused-ring (bicyclic) bond motifs is 1. The Kier molecular flexibility index (Phi) is 6.66. The molecule has 0 saturated carbocycles. The average molecular weight is 425 g/mol. The molecule has 0 N–H and O–H groups in total. The third-order valence-corrected chi connectivity index (χ3v) is 6.39. The fraction of sp³-hybridized carbons (Fsp3) is 0.480. The first-order valence-corrected chi connectivity index (χ1v) is 11.0. The second-order valence-electron chi connectivity index (χ2n) is 8.51. The number of benzene rings is 2. The van der Waals surface area contributed by atoms with Crippen LogP contribution in [0.15, 0.2) is 42.5 Å². The van der Waals surface area contributed by atoms with Crippen LogP contribution in [0.5, 0.6) is 17.2 Å². The molecule has 0 bridgehead atoms. The van der Waals surface area contributed by atoms with Crippen molar-refractivity contribution in [1.29, 1.82) is 0 Å². The van der Waals surface area contributed by atoms with E-state index in [0.29, 0.717) is 19.0 Å². The van der Waals surface area contributed by atoms with Crippen LogP contribution < -0.4 is 14.2 Å². The average Bonchev–Trinajstić information content (AvgIpc) is 2.99. The molecule has 2 aliphatic rings. The summed E-state index contributed by atoms with van der Waals surface area (Å²) in [6.45, 7) is 5.78. The van der Waals surface area contributed by atoms with E-state index >= 15 is 0 Å². The van der Waals surface area contributed by atoms with E-state index in [4.69, 9.17) is 14.2 Å². The predicted molar refractivity (Wildman–Crippen MR) is 119 cm³/mol. The number of hydrogen-bond donors (Lipinski definition) is 0. The number of carbonyl (C=O) groups is 1. The molecule has 31 heavy (non-hydrogen) atoms. The minimum atomic E-state index is -0.0165. The Labute approximate surface area is 184 Å². The maximum atomic E-state index is 12.3. The molecular weight excluding hydrogens is 392 g/mol. The first-order valence-electron chi connectivity index (χ1n) is 11.0. The molecule has 2 aliphatic heterocycles. The number of piperidine rings is 1. The zero-order valence-corrected chi connectivity index (χ0v) is 18.7. The van der Waals surface area contributed by atoms with Crippen LogP contribution in [0.25, 0.3) is 0 Å². The van der Waals surface area contributed by atoms with Crippen molar-refractivity contribution < 1.29 is 19.0 Å². The van der Waals surface area contributed by atoms with Gasteiger partial charge in [0.15, 0.2) is 0 Å². The van der Waals surface area contributed by atoms with E-state index in [1.54, 1.807) is 21.1 Å². The van der Waals surface area contributed by atoms with Crippen LogP contribution in [-0.4, -0.2) is 55.7 Å². The van der Waals surface area contributed by atoms with Crippen LogP contribution in [0.2, 0.25) is 0 Å².